The number of ketones is 1. The van der Waals surface area contributed by atoms with Crippen molar-refractivity contribution in [3.8, 4) is 0 Å². The summed E-state index contributed by atoms with van der Waals surface area (Å²) in [5.74, 6) is 0.180. The molecule has 0 aromatic carbocycles. The van der Waals surface area contributed by atoms with Gasteiger partial charge in [-0.05, 0) is 18.9 Å². The second-order valence-corrected chi connectivity index (χ2v) is 3.95. The number of rotatable bonds is 1. The fraction of sp³-hybridized carbons (Fsp3) is 0.600. The average molecular weight is 232 g/mol. The Kier molecular flexibility index (Phi) is 2.73. The molecule has 0 unspecified atom stereocenters. The molecule has 0 radical (unpaired) electrons. The molecule has 0 aliphatic heterocycles. The van der Waals surface area contributed by atoms with E-state index in [1.165, 1.54) is 10.9 Å². The number of halogens is 3. The largest absolute Gasteiger partial charge is 0.435 e. The van der Waals surface area contributed by atoms with Crippen molar-refractivity contribution in [2.24, 2.45) is 0 Å². The summed E-state index contributed by atoms with van der Waals surface area (Å²) in [5.41, 5.74) is -0.871. The zero-order valence-corrected chi connectivity index (χ0v) is 8.50. The fourth-order valence-electron chi connectivity index (χ4n) is 1.88. The van der Waals surface area contributed by atoms with E-state index in [1.54, 1.807) is 0 Å². The third kappa shape index (κ3) is 2.25. The molecule has 0 bridgehead atoms. The molecule has 2 rings (SSSR count). The smallest absolute Gasteiger partial charge is 0.300 e. The van der Waals surface area contributed by atoms with Crippen LogP contribution in [0.4, 0.5) is 13.2 Å². The molecule has 1 aliphatic carbocycles. The van der Waals surface area contributed by atoms with Crippen LogP contribution in [0.3, 0.4) is 0 Å². The number of carbonyl (C=O) groups excluding carboxylic acids is 1. The van der Waals surface area contributed by atoms with Gasteiger partial charge in [0, 0.05) is 19.0 Å². The molecule has 1 saturated carbocycles. The van der Waals surface area contributed by atoms with Gasteiger partial charge in [-0.3, -0.25) is 9.48 Å². The van der Waals surface area contributed by atoms with Gasteiger partial charge in [0.1, 0.15) is 5.78 Å². The first-order chi connectivity index (χ1) is 7.47. The molecule has 88 valence electrons. The van der Waals surface area contributed by atoms with Crippen LogP contribution >= 0.6 is 0 Å². The van der Waals surface area contributed by atoms with Crippen LogP contribution in [0.2, 0.25) is 0 Å². The van der Waals surface area contributed by atoms with Gasteiger partial charge >= 0.3 is 6.18 Å². The number of nitrogens with zero attached hydrogens (tertiary/aromatic N) is 2. The standard InChI is InChI=1S/C10H11F3N2O/c11-10(12,13)9-5-6-15(14-9)7-1-3-8(16)4-2-7/h5-7H,1-4H2. The minimum atomic E-state index is -4.39. The van der Waals surface area contributed by atoms with Crippen LogP contribution in [0, 0.1) is 0 Å². The van der Waals surface area contributed by atoms with Gasteiger partial charge < -0.3 is 0 Å². The van der Waals surface area contributed by atoms with Crippen molar-refractivity contribution >= 4 is 5.78 Å². The van der Waals surface area contributed by atoms with E-state index in [-0.39, 0.29) is 11.8 Å². The van der Waals surface area contributed by atoms with Crippen molar-refractivity contribution in [2.45, 2.75) is 37.9 Å². The third-order valence-corrected chi connectivity index (χ3v) is 2.79. The minimum Gasteiger partial charge on any atom is -0.300 e. The number of hydrogen-bond donors (Lipinski definition) is 0. The molecule has 1 aromatic rings. The van der Waals surface area contributed by atoms with Crippen molar-refractivity contribution in [3.05, 3.63) is 18.0 Å². The quantitative estimate of drug-likeness (QED) is 0.745. The summed E-state index contributed by atoms with van der Waals surface area (Å²) in [6, 6.07) is 0.893. The van der Waals surface area contributed by atoms with E-state index < -0.39 is 11.9 Å². The monoisotopic (exact) mass is 232 g/mol. The molecule has 1 aliphatic rings. The normalized spacial score (nSPS) is 19.1. The molecular weight excluding hydrogens is 221 g/mol. The van der Waals surface area contributed by atoms with Gasteiger partial charge in [0.05, 0.1) is 6.04 Å². The van der Waals surface area contributed by atoms with Crippen molar-refractivity contribution in [3.63, 3.8) is 0 Å². The van der Waals surface area contributed by atoms with Crippen molar-refractivity contribution in [1.82, 2.24) is 9.78 Å². The Morgan fingerprint density at radius 2 is 1.94 bits per heavy atom. The van der Waals surface area contributed by atoms with E-state index in [0.717, 1.165) is 6.07 Å². The lowest BCUT2D eigenvalue weighted by Gasteiger charge is -2.21. The van der Waals surface area contributed by atoms with Gasteiger partial charge in [0.15, 0.2) is 5.69 Å². The Morgan fingerprint density at radius 1 is 1.31 bits per heavy atom. The highest BCUT2D eigenvalue weighted by molar-refractivity contribution is 5.79. The van der Waals surface area contributed by atoms with Crippen LogP contribution < -0.4 is 0 Å². The van der Waals surface area contributed by atoms with Crippen LogP contribution in [0.15, 0.2) is 12.3 Å². The molecule has 16 heavy (non-hydrogen) atoms. The maximum atomic E-state index is 12.3. The van der Waals surface area contributed by atoms with Crippen LogP contribution in [-0.4, -0.2) is 15.6 Å². The lowest BCUT2D eigenvalue weighted by atomic mass is 9.95. The average Bonchev–Trinajstić information content (AvgIpc) is 2.67. The Morgan fingerprint density at radius 3 is 2.44 bits per heavy atom. The number of aromatic nitrogens is 2. The molecular formula is C10H11F3N2O. The van der Waals surface area contributed by atoms with Gasteiger partial charge in [-0.25, -0.2) is 0 Å². The van der Waals surface area contributed by atoms with Gasteiger partial charge in [-0.2, -0.15) is 18.3 Å². The lowest BCUT2D eigenvalue weighted by molar-refractivity contribution is -0.141. The number of alkyl halides is 3. The van der Waals surface area contributed by atoms with E-state index in [1.807, 2.05) is 0 Å². The number of carbonyl (C=O) groups is 1. The molecule has 0 N–H and O–H groups in total. The minimum absolute atomic E-state index is 0.0752. The summed E-state index contributed by atoms with van der Waals surface area (Å²) in [6.07, 6.45) is -1.02. The van der Waals surface area contributed by atoms with E-state index >= 15 is 0 Å². The van der Waals surface area contributed by atoms with Gasteiger partial charge in [-0.15, -0.1) is 0 Å². The van der Waals surface area contributed by atoms with Crippen LogP contribution in [0.5, 0.6) is 0 Å². The van der Waals surface area contributed by atoms with E-state index in [2.05, 4.69) is 5.10 Å². The number of Topliss-reactive ketones (excluding diaryl/α,β-unsaturated/α-hetero) is 1. The Hall–Kier alpha value is -1.33. The first-order valence-corrected chi connectivity index (χ1v) is 5.11. The van der Waals surface area contributed by atoms with Crippen LogP contribution in [-0.2, 0) is 11.0 Å². The summed E-state index contributed by atoms with van der Waals surface area (Å²) in [6.45, 7) is 0. The zero-order chi connectivity index (χ0) is 11.8. The molecule has 1 aromatic heterocycles. The summed E-state index contributed by atoms with van der Waals surface area (Å²) in [5, 5.41) is 3.51. The maximum absolute atomic E-state index is 12.3. The highest BCUT2D eigenvalue weighted by Crippen LogP contribution is 2.30. The second-order valence-electron chi connectivity index (χ2n) is 3.95. The van der Waals surface area contributed by atoms with E-state index in [4.69, 9.17) is 0 Å². The first kappa shape index (κ1) is 11.2. The third-order valence-electron chi connectivity index (χ3n) is 2.79. The lowest BCUT2D eigenvalue weighted by Crippen LogP contribution is -2.19. The summed E-state index contributed by atoms with van der Waals surface area (Å²) < 4.78 is 38.2. The molecule has 0 saturated heterocycles. The first-order valence-electron chi connectivity index (χ1n) is 5.11. The van der Waals surface area contributed by atoms with E-state index in [0.29, 0.717) is 25.7 Å². The Balaban J connectivity index is 2.10. The highest BCUT2D eigenvalue weighted by atomic mass is 19.4. The van der Waals surface area contributed by atoms with Crippen molar-refractivity contribution in [1.29, 1.82) is 0 Å². The van der Waals surface area contributed by atoms with Crippen LogP contribution in [0.25, 0.3) is 0 Å². The van der Waals surface area contributed by atoms with Gasteiger partial charge in [-0.1, -0.05) is 0 Å². The molecule has 1 fully saturated rings. The highest BCUT2D eigenvalue weighted by Gasteiger charge is 2.34. The fourth-order valence-corrected chi connectivity index (χ4v) is 1.88. The summed E-state index contributed by atoms with van der Waals surface area (Å²) >= 11 is 0. The van der Waals surface area contributed by atoms with Gasteiger partial charge in [0.25, 0.3) is 0 Å². The Bertz CT molecular complexity index is 387. The van der Waals surface area contributed by atoms with Gasteiger partial charge in [0.2, 0.25) is 0 Å². The summed E-state index contributed by atoms with van der Waals surface area (Å²) in [4.78, 5) is 11.0. The van der Waals surface area contributed by atoms with E-state index in [9.17, 15) is 18.0 Å². The molecule has 6 heteroatoms. The predicted octanol–water partition coefficient (Wildman–Crippen LogP) is 2.59. The Labute approximate surface area is 90.2 Å². The predicted molar refractivity (Wildman–Crippen MR) is 49.7 cm³/mol. The SMILES string of the molecule is O=C1CCC(n2ccc(C(F)(F)F)n2)CC1. The molecule has 1 heterocycles. The topological polar surface area (TPSA) is 34.9 Å². The molecule has 0 atom stereocenters. The second kappa shape index (κ2) is 3.92. The molecule has 0 spiro atoms. The van der Waals surface area contributed by atoms with Crippen molar-refractivity contribution < 1.29 is 18.0 Å². The molecule has 0 amide bonds. The van der Waals surface area contributed by atoms with Crippen LogP contribution in [0.1, 0.15) is 37.4 Å². The van der Waals surface area contributed by atoms with Crippen molar-refractivity contribution in [2.75, 3.05) is 0 Å². The maximum Gasteiger partial charge on any atom is 0.435 e. The number of hydrogen-bond acceptors (Lipinski definition) is 2. The molecule has 3 nitrogen and oxygen atoms in total. The zero-order valence-electron chi connectivity index (χ0n) is 8.50. The summed E-state index contributed by atoms with van der Waals surface area (Å²) in [7, 11) is 0.